The van der Waals surface area contributed by atoms with Crippen LogP contribution >= 0.6 is 0 Å². The number of pyridine rings is 1. The van der Waals surface area contributed by atoms with Crippen LogP contribution in [-0.4, -0.2) is 23.6 Å². The number of nitrogens with zero attached hydrogens (tertiary/aromatic N) is 1. The molecule has 5 heteroatoms. The van der Waals surface area contributed by atoms with Crippen molar-refractivity contribution in [2.45, 2.75) is 6.42 Å². The molecule has 0 aliphatic heterocycles. The van der Waals surface area contributed by atoms with Gasteiger partial charge in [-0.3, -0.25) is 4.98 Å². The van der Waals surface area contributed by atoms with Gasteiger partial charge in [-0.05, 0) is 31.6 Å². The lowest BCUT2D eigenvalue weighted by Crippen LogP contribution is -2.05. The molecular weight excluding hydrogens is 206 g/mol. The van der Waals surface area contributed by atoms with Crippen LogP contribution in [0.4, 0.5) is 0 Å². The van der Waals surface area contributed by atoms with Gasteiger partial charge in [0.2, 0.25) is 0 Å². The molecule has 0 radical (unpaired) electrons. The Kier molecular flexibility index (Phi) is 3.16. The van der Waals surface area contributed by atoms with Crippen molar-refractivity contribution < 1.29 is 4.42 Å². The standard InChI is InChI=1S/C11H13N3O2/c1-12-5-3-2-4-8-6-9-10(13-7-8)14-11(15)16-9/h2,4,6-7,12H,3,5H2,1H3,(H,13,14,15). The summed E-state index contributed by atoms with van der Waals surface area (Å²) in [6.07, 6.45) is 6.65. The number of aromatic nitrogens is 2. The summed E-state index contributed by atoms with van der Waals surface area (Å²) >= 11 is 0. The zero-order valence-electron chi connectivity index (χ0n) is 8.99. The largest absolute Gasteiger partial charge is 0.418 e. The lowest BCUT2D eigenvalue weighted by Gasteiger charge is -1.93. The fourth-order valence-electron chi connectivity index (χ4n) is 1.39. The predicted octanol–water partition coefficient (Wildman–Crippen LogP) is 1.14. The SMILES string of the molecule is CNCCC=Cc1cnc2[nH]c(=O)oc2c1. The molecular formula is C11H13N3O2. The van der Waals surface area contributed by atoms with Crippen molar-refractivity contribution >= 4 is 17.3 Å². The van der Waals surface area contributed by atoms with Gasteiger partial charge in [-0.1, -0.05) is 12.2 Å². The summed E-state index contributed by atoms with van der Waals surface area (Å²) in [7, 11) is 1.91. The smallest absolute Gasteiger partial charge is 0.406 e. The zero-order chi connectivity index (χ0) is 11.4. The Labute approximate surface area is 92.2 Å². The van der Waals surface area contributed by atoms with Gasteiger partial charge in [-0.25, -0.2) is 9.78 Å². The molecule has 2 aromatic heterocycles. The van der Waals surface area contributed by atoms with E-state index in [4.69, 9.17) is 4.42 Å². The molecule has 16 heavy (non-hydrogen) atoms. The van der Waals surface area contributed by atoms with E-state index < -0.39 is 5.76 Å². The summed E-state index contributed by atoms with van der Waals surface area (Å²) < 4.78 is 4.92. The molecule has 0 aromatic carbocycles. The minimum Gasteiger partial charge on any atom is -0.406 e. The highest BCUT2D eigenvalue weighted by Gasteiger charge is 2.01. The molecule has 0 fully saturated rings. The van der Waals surface area contributed by atoms with E-state index >= 15 is 0 Å². The predicted molar refractivity (Wildman–Crippen MR) is 62.2 cm³/mol. The number of aromatic amines is 1. The molecule has 84 valence electrons. The summed E-state index contributed by atoms with van der Waals surface area (Å²) in [4.78, 5) is 17.5. The Hall–Kier alpha value is -1.88. The van der Waals surface area contributed by atoms with E-state index in [-0.39, 0.29) is 0 Å². The number of fused-ring (bicyclic) bond motifs is 1. The quantitative estimate of drug-likeness (QED) is 0.756. The Bertz CT molecular complexity index is 554. The topological polar surface area (TPSA) is 70.9 Å². The second-order valence-corrected chi connectivity index (χ2v) is 3.42. The van der Waals surface area contributed by atoms with Crippen molar-refractivity contribution in [1.82, 2.24) is 15.3 Å². The van der Waals surface area contributed by atoms with Crippen molar-refractivity contribution in [2.75, 3.05) is 13.6 Å². The van der Waals surface area contributed by atoms with Crippen LogP contribution in [0.5, 0.6) is 0 Å². The average Bonchev–Trinajstić information content (AvgIpc) is 2.64. The van der Waals surface area contributed by atoms with Crippen molar-refractivity contribution in [3.8, 4) is 0 Å². The minimum atomic E-state index is -0.473. The normalized spacial score (nSPS) is 11.6. The van der Waals surface area contributed by atoms with Gasteiger partial charge in [0, 0.05) is 6.20 Å². The molecule has 0 bridgehead atoms. The van der Waals surface area contributed by atoms with Gasteiger partial charge in [0.15, 0.2) is 11.2 Å². The van der Waals surface area contributed by atoms with Crippen LogP contribution < -0.4 is 11.1 Å². The summed E-state index contributed by atoms with van der Waals surface area (Å²) in [6.45, 7) is 0.936. The lowest BCUT2D eigenvalue weighted by atomic mass is 10.2. The number of nitrogens with one attached hydrogen (secondary N) is 2. The van der Waals surface area contributed by atoms with Gasteiger partial charge >= 0.3 is 5.76 Å². The maximum absolute atomic E-state index is 10.9. The molecule has 0 saturated carbocycles. The number of oxazole rings is 1. The monoisotopic (exact) mass is 219 g/mol. The molecule has 0 unspecified atom stereocenters. The molecule has 0 aliphatic rings. The van der Waals surface area contributed by atoms with Crippen LogP contribution in [0.25, 0.3) is 17.3 Å². The number of rotatable bonds is 4. The molecule has 0 spiro atoms. The molecule has 2 aromatic rings. The summed E-state index contributed by atoms with van der Waals surface area (Å²) in [5.41, 5.74) is 1.89. The minimum absolute atomic E-state index is 0.473. The van der Waals surface area contributed by atoms with Crippen LogP contribution in [0.2, 0.25) is 0 Å². The van der Waals surface area contributed by atoms with Crippen LogP contribution in [0.15, 0.2) is 27.6 Å². The molecule has 0 amide bonds. The molecule has 2 N–H and O–H groups in total. The van der Waals surface area contributed by atoms with Crippen LogP contribution in [-0.2, 0) is 0 Å². The number of H-pyrrole nitrogens is 1. The Balaban J connectivity index is 2.19. The fourth-order valence-corrected chi connectivity index (χ4v) is 1.39. The second-order valence-electron chi connectivity index (χ2n) is 3.42. The molecule has 2 heterocycles. The van der Waals surface area contributed by atoms with Crippen LogP contribution in [0.3, 0.4) is 0 Å². The Morgan fingerprint density at radius 2 is 2.50 bits per heavy atom. The highest BCUT2D eigenvalue weighted by atomic mass is 16.4. The zero-order valence-corrected chi connectivity index (χ0v) is 8.99. The van der Waals surface area contributed by atoms with Gasteiger partial charge in [0.1, 0.15) is 0 Å². The fraction of sp³-hybridized carbons (Fsp3) is 0.273. The Morgan fingerprint density at radius 3 is 3.31 bits per heavy atom. The first-order valence-corrected chi connectivity index (χ1v) is 5.09. The van der Waals surface area contributed by atoms with Crippen LogP contribution in [0, 0.1) is 0 Å². The van der Waals surface area contributed by atoms with Gasteiger partial charge in [-0.15, -0.1) is 0 Å². The van der Waals surface area contributed by atoms with Crippen molar-refractivity contribution in [3.05, 3.63) is 34.5 Å². The van der Waals surface area contributed by atoms with E-state index in [2.05, 4.69) is 15.3 Å². The van der Waals surface area contributed by atoms with E-state index in [0.717, 1.165) is 18.5 Å². The second kappa shape index (κ2) is 4.76. The molecule has 5 nitrogen and oxygen atoms in total. The highest BCUT2D eigenvalue weighted by Crippen LogP contribution is 2.10. The lowest BCUT2D eigenvalue weighted by molar-refractivity contribution is 0.555. The van der Waals surface area contributed by atoms with Gasteiger partial charge in [0.05, 0.1) is 0 Å². The van der Waals surface area contributed by atoms with E-state index in [1.807, 2.05) is 19.2 Å². The van der Waals surface area contributed by atoms with Gasteiger partial charge < -0.3 is 9.73 Å². The first-order chi connectivity index (χ1) is 7.79. The van der Waals surface area contributed by atoms with E-state index in [1.165, 1.54) is 0 Å². The van der Waals surface area contributed by atoms with E-state index in [9.17, 15) is 4.79 Å². The molecule has 0 atom stereocenters. The highest BCUT2D eigenvalue weighted by molar-refractivity contribution is 5.70. The third-order valence-corrected chi connectivity index (χ3v) is 2.17. The van der Waals surface area contributed by atoms with Gasteiger partial charge in [-0.2, -0.15) is 0 Å². The van der Waals surface area contributed by atoms with Crippen molar-refractivity contribution in [1.29, 1.82) is 0 Å². The van der Waals surface area contributed by atoms with Crippen LogP contribution in [0.1, 0.15) is 12.0 Å². The Morgan fingerprint density at radius 1 is 1.62 bits per heavy atom. The number of hydrogen-bond donors (Lipinski definition) is 2. The maximum atomic E-state index is 10.9. The number of hydrogen-bond acceptors (Lipinski definition) is 4. The van der Waals surface area contributed by atoms with E-state index in [1.54, 1.807) is 12.3 Å². The third-order valence-electron chi connectivity index (χ3n) is 2.17. The van der Waals surface area contributed by atoms with Gasteiger partial charge in [0.25, 0.3) is 0 Å². The maximum Gasteiger partial charge on any atom is 0.418 e. The van der Waals surface area contributed by atoms with E-state index in [0.29, 0.717) is 11.2 Å². The van der Waals surface area contributed by atoms with Crippen molar-refractivity contribution in [2.24, 2.45) is 0 Å². The summed E-state index contributed by atoms with van der Waals surface area (Å²) in [6, 6.07) is 1.79. The average molecular weight is 219 g/mol. The first-order valence-electron chi connectivity index (χ1n) is 5.09. The molecule has 2 rings (SSSR count). The molecule has 0 aliphatic carbocycles. The summed E-state index contributed by atoms with van der Waals surface area (Å²) in [5.74, 6) is -0.473. The summed E-state index contributed by atoms with van der Waals surface area (Å²) in [5, 5.41) is 3.06. The van der Waals surface area contributed by atoms with Crippen molar-refractivity contribution in [3.63, 3.8) is 0 Å². The first kappa shape index (κ1) is 10.6. The third kappa shape index (κ3) is 2.38. The molecule has 0 saturated heterocycles.